The number of halogens is 1. The molecule has 0 fully saturated rings. The summed E-state index contributed by atoms with van der Waals surface area (Å²) in [5.74, 6) is -0.00996. The van der Waals surface area contributed by atoms with Crippen LogP contribution in [0.4, 0.5) is 10.2 Å². The van der Waals surface area contributed by atoms with Gasteiger partial charge in [-0.05, 0) is 42.3 Å². The van der Waals surface area contributed by atoms with Gasteiger partial charge in [0.2, 0.25) is 0 Å². The largest absolute Gasteiger partial charge is 0.478 e. The van der Waals surface area contributed by atoms with E-state index >= 15 is 0 Å². The molecule has 4 aromatic rings. The minimum atomic E-state index is -0.972. The van der Waals surface area contributed by atoms with Gasteiger partial charge in [0.15, 0.2) is 5.82 Å². The Morgan fingerprint density at radius 1 is 1.10 bits per heavy atom. The predicted molar refractivity (Wildman–Crippen MR) is 113 cm³/mol. The van der Waals surface area contributed by atoms with Gasteiger partial charge in [-0.3, -0.25) is 0 Å². The van der Waals surface area contributed by atoms with E-state index in [9.17, 15) is 9.18 Å². The van der Waals surface area contributed by atoms with E-state index < -0.39 is 5.97 Å². The maximum Gasteiger partial charge on any atom is 0.335 e. The van der Waals surface area contributed by atoms with Gasteiger partial charge in [-0.25, -0.2) is 19.2 Å². The van der Waals surface area contributed by atoms with Gasteiger partial charge in [0.1, 0.15) is 16.5 Å². The lowest BCUT2D eigenvalue weighted by molar-refractivity contribution is 0.0697. The van der Waals surface area contributed by atoms with Gasteiger partial charge < -0.3 is 10.4 Å². The van der Waals surface area contributed by atoms with Crippen LogP contribution in [0.15, 0.2) is 54.6 Å². The summed E-state index contributed by atoms with van der Waals surface area (Å²) in [7, 11) is 0. The number of aromatic carboxylic acids is 1. The van der Waals surface area contributed by atoms with E-state index in [0.717, 1.165) is 27.8 Å². The zero-order valence-corrected chi connectivity index (χ0v) is 16.5. The minimum Gasteiger partial charge on any atom is -0.478 e. The van der Waals surface area contributed by atoms with Gasteiger partial charge in [-0.1, -0.05) is 31.2 Å². The summed E-state index contributed by atoms with van der Waals surface area (Å²) in [5, 5.41) is 13.4. The van der Waals surface area contributed by atoms with Crippen molar-refractivity contribution in [3.8, 4) is 11.4 Å². The van der Waals surface area contributed by atoms with Crippen LogP contribution in [0.3, 0.4) is 0 Å². The van der Waals surface area contributed by atoms with Crippen LogP contribution in [0.25, 0.3) is 21.6 Å². The highest BCUT2D eigenvalue weighted by Gasteiger charge is 2.13. The van der Waals surface area contributed by atoms with Crippen LogP contribution in [0.5, 0.6) is 0 Å². The summed E-state index contributed by atoms with van der Waals surface area (Å²) in [6.45, 7) is 2.59. The fraction of sp³-hybridized carbons (Fsp3) is 0.136. The molecule has 4 rings (SSSR count). The normalized spacial score (nSPS) is 11.0. The Kier molecular flexibility index (Phi) is 5.22. The van der Waals surface area contributed by atoms with Crippen LogP contribution in [0.2, 0.25) is 0 Å². The van der Waals surface area contributed by atoms with Gasteiger partial charge in [-0.2, -0.15) is 0 Å². The Morgan fingerprint density at radius 3 is 2.48 bits per heavy atom. The van der Waals surface area contributed by atoms with Crippen molar-refractivity contribution in [3.63, 3.8) is 0 Å². The molecule has 0 saturated heterocycles. The van der Waals surface area contributed by atoms with Crippen LogP contribution in [-0.4, -0.2) is 21.0 Å². The van der Waals surface area contributed by atoms with E-state index in [0.29, 0.717) is 18.2 Å². The monoisotopic (exact) mass is 407 g/mol. The van der Waals surface area contributed by atoms with Crippen molar-refractivity contribution >= 4 is 33.3 Å². The van der Waals surface area contributed by atoms with E-state index in [1.54, 1.807) is 47.7 Å². The molecule has 5 nitrogen and oxygen atoms in total. The van der Waals surface area contributed by atoms with E-state index in [4.69, 9.17) is 5.11 Å². The Balaban J connectivity index is 1.71. The van der Waals surface area contributed by atoms with Crippen LogP contribution < -0.4 is 5.32 Å². The number of thiophene rings is 1. The van der Waals surface area contributed by atoms with Crippen molar-refractivity contribution < 1.29 is 14.3 Å². The number of benzene rings is 2. The van der Waals surface area contributed by atoms with Crippen molar-refractivity contribution in [1.82, 2.24) is 9.97 Å². The van der Waals surface area contributed by atoms with Crippen molar-refractivity contribution in [1.29, 1.82) is 0 Å². The van der Waals surface area contributed by atoms with Crippen LogP contribution >= 0.6 is 11.3 Å². The van der Waals surface area contributed by atoms with Gasteiger partial charge in [0, 0.05) is 17.0 Å². The number of hydrogen-bond donors (Lipinski definition) is 2. The number of hydrogen-bond acceptors (Lipinski definition) is 5. The number of carboxylic acids is 1. The van der Waals surface area contributed by atoms with Crippen LogP contribution in [0, 0.1) is 5.82 Å². The molecule has 2 heterocycles. The highest BCUT2D eigenvalue weighted by atomic mass is 32.1. The summed E-state index contributed by atoms with van der Waals surface area (Å²) in [6, 6.07) is 14.9. The zero-order chi connectivity index (χ0) is 20.4. The molecule has 0 aliphatic carbocycles. The van der Waals surface area contributed by atoms with Gasteiger partial charge in [0.05, 0.1) is 10.9 Å². The van der Waals surface area contributed by atoms with E-state index in [2.05, 4.69) is 28.3 Å². The molecule has 0 radical (unpaired) electrons. The minimum absolute atomic E-state index is 0.217. The smallest absolute Gasteiger partial charge is 0.335 e. The molecule has 0 aliphatic rings. The number of aryl methyl sites for hydroxylation is 1. The Bertz CT molecular complexity index is 1170. The van der Waals surface area contributed by atoms with E-state index in [1.807, 2.05) is 0 Å². The third-order valence-corrected chi connectivity index (χ3v) is 5.73. The van der Waals surface area contributed by atoms with E-state index in [1.165, 1.54) is 17.0 Å². The topological polar surface area (TPSA) is 75.1 Å². The summed E-state index contributed by atoms with van der Waals surface area (Å²) in [4.78, 5) is 22.5. The van der Waals surface area contributed by atoms with Crippen molar-refractivity contribution in [2.24, 2.45) is 0 Å². The molecular formula is C22H18FN3O2S. The Labute approximate surface area is 170 Å². The second-order valence-electron chi connectivity index (χ2n) is 6.54. The van der Waals surface area contributed by atoms with Crippen molar-refractivity contribution in [3.05, 3.63) is 76.4 Å². The molecular weight excluding hydrogens is 389 g/mol. The maximum atomic E-state index is 13.1. The first-order valence-electron chi connectivity index (χ1n) is 9.16. The Hall–Kier alpha value is -3.32. The van der Waals surface area contributed by atoms with Crippen molar-refractivity contribution in [2.75, 3.05) is 5.32 Å². The molecule has 0 bridgehead atoms. The van der Waals surface area contributed by atoms with Crippen LogP contribution in [-0.2, 0) is 13.0 Å². The molecule has 0 unspecified atom stereocenters. The van der Waals surface area contributed by atoms with Crippen molar-refractivity contribution in [2.45, 2.75) is 19.9 Å². The summed E-state index contributed by atoms with van der Waals surface area (Å²) < 4.78 is 13.1. The van der Waals surface area contributed by atoms with Gasteiger partial charge in [0.25, 0.3) is 0 Å². The number of nitrogens with zero attached hydrogens (tertiary/aromatic N) is 2. The number of nitrogens with one attached hydrogen (secondary N) is 1. The fourth-order valence-corrected chi connectivity index (χ4v) is 3.93. The molecule has 0 atom stereocenters. The molecule has 7 heteroatoms. The molecule has 0 spiro atoms. The standard InChI is InChI=1S/C22H18FN3O2S/c1-2-17-11-18-20(24-12-13-3-9-16(23)10-4-13)25-19(26-21(18)29-17)14-5-7-15(8-6-14)22(27)28/h3-11H,2,12H2,1H3,(H,27,28)(H,24,25,26). The highest BCUT2D eigenvalue weighted by Crippen LogP contribution is 2.32. The molecule has 29 heavy (non-hydrogen) atoms. The second kappa shape index (κ2) is 7.97. The number of rotatable bonds is 6. The van der Waals surface area contributed by atoms with Crippen LogP contribution in [0.1, 0.15) is 27.7 Å². The Morgan fingerprint density at radius 2 is 1.83 bits per heavy atom. The molecule has 0 saturated carbocycles. The maximum absolute atomic E-state index is 13.1. The highest BCUT2D eigenvalue weighted by molar-refractivity contribution is 7.18. The first-order valence-corrected chi connectivity index (χ1v) is 9.97. The summed E-state index contributed by atoms with van der Waals surface area (Å²) in [5.41, 5.74) is 1.90. The second-order valence-corrected chi connectivity index (χ2v) is 7.66. The number of fused-ring (bicyclic) bond motifs is 1. The molecule has 2 aromatic carbocycles. The van der Waals surface area contributed by atoms with E-state index in [-0.39, 0.29) is 11.4 Å². The zero-order valence-electron chi connectivity index (χ0n) is 15.6. The molecule has 0 amide bonds. The predicted octanol–water partition coefficient (Wildman–Crippen LogP) is 5.37. The molecule has 146 valence electrons. The average molecular weight is 407 g/mol. The van der Waals surface area contributed by atoms with Gasteiger partial charge >= 0.3 is 5.97 Å². The lowest BCUT2D eigenvalue weighted by atomic mass is 10.1. The fourth-order valence-electron chi connectivity index (χ4n) is 2.96. The summed E-state index contributed by atoms with van der Waals surface area (Å²) in [6.07, 6.45) is 0.904. The van der Waals surface area contributed by atoms with Gasteiger partial charge in [-0.15, -0.1) is 11.3 Å². The number of aromatic nitrogens is 2. The number of anilines is 1. The number of carbonyl (C=O) groups is 1. The average Bonchev–Trinajstić information content (AvgIpc) is 3.16. The quantitative estimate of drug-likeness (QED) is 0.449. The molecule has 2 aromatic heterocycles. The third-order valence-electron chi connectivity index (χ3n) is 4.56. The lowest BCUT2D eigenvalue weighted by Crippen LogP contribution is -2.04. The molecule has 2 N–H and O–H groups in total. The first-order chi connectivity index (χ1) is 14.0. The molecule has 0 aliphatic heterocycles. The SMILES string of the molecule is CCc1cc2c(NCc3ccc(F)cc3)nc(-c3ccc(C(=O)O)cc3)nc2s1. The summed E-state index contributed by atoms with van der Waals surface area (Å²) >= 11 is 1.62. The lowest BCUT2D eigenvalue weighted by Gasteiger charge is -2.09. The number of carboxylic acid groups (broad SMARTS) is 1. The third kappa shape index (κ3) is 4.09. The first kappa shape index (κ1) is 19.0.